The van der Waals surface area contributed by atoms with Crippen LogP contribution in [0, 0.1) is 0 Å². The van der Waals surface area contributed by atoms with E-state index >= 15 is 0 Å². The van der Waals surface area contributed by atoms with Crippen molar-refractivity contribution in [3.05, 3.63) is 48.6 Å². The van der Waals surface area contributed by atoms with Crippen LogP contribution in [0.2, 0.25) is 0 Å². The van der Waals surface area contributed by atoms with Crippen molar-refractivity contribution in [1.29, 1.82) is 0 Å². The topological polar surface area (TPSA) is 38.8 Å². The molecule has 0 bridgehead atoms. The summed E-state index contributed by atoms with van der Waals surface area (Å²) in [5.41, 5.74) is 1.18. The molecular weight excluding hydrogens is 216 g/mol. The van der Waals surface area contributed by atoms with E-state index in [0.717, 1.165) is 13.0 Å². The number of hydrogen-bond donors (Lipinski definition) is 0. The van der Waals surface area contributed by atoms with E-state index in [9.17, 15) is 4.79 Å². The first kappa shape index (κ1) is 11.9. The Morgan fingerprint density at radius 2 is 2.24 bits per heavy atom. The molecule has 1 aliphatic rings. The highest BCUT2D eigenvalue weighted by molar-refractivity contribution is 5.81. The van der Waals surface area contributed by atoms with Gasteiger partial charge in [0.05, 0.1) is 19.3 Å². The van der Waals surface area contributed by atoms with Crippen molar-refractivity contribution < 1.29 is 14.3 Å². The van der Waals surface area contributed by atoms with Crippen LogP contribution in [0.3, 0.4) is 0 Å². The first-order chi connectivity index (χ1) is 8.29. The second kappa shape index (κ2) is 5.64. The molecule has 1 saturated heterocycles. The van der Waals surface area contributed by atoms with Crippen molar-refractivity contribution in [2.45, 2.75) is 18.4 Å². The van der Waals surface area contributed by atoms with Gasteiger partial charge in [-0.1, -0.05) is 36.9 Å². The fraction of sp³-hybridized carbons (Fsp3) is 0.357. The molecule has 2 atom stereocenters. The van der Waals surface area contributed by atoms with E-state index in [0.29, 0.717) is 12.7 Å². The Kier molecular flexibility index (Phi) is 3.94. The predicted molar refractivity (Wildman–Crippen MR) is 64.7 cm³/mol. The summed E-state index contributed by atoms with van der Waals surface area (Å²) in [4.78, 5) is 11.1. The SMILES string of the molecule is C=CC(=O)OCC(CC1CO1)c1ccccc1. The van der Waals surface area contributed by atoms with Crippen LogP contribution in [0.1, 0.15) is 17.9 Å². The van der Waals surface area contributed by atoms with E-state index in [2.05, 4.69) is 18.7 Å². The zero-order chi connectivity index (χ0) is 12.1. The fourth-order valence-corrected chi connectivity index (χ4v) is 1.79. The van der Waals surface area contributed by atoms with E-state index in [1.807, 2.05) is 18.2 Å². The van der Waals surface area contributed by atoms with Gasteiger partial charge in [0.25, 0.3) is 0 Å². The highest BCUT2D eigenvalue weighted by atomic mass is 16.6. The van der Waals surface area contributed by atoms with Crippen molar-refractivity contribution in [1.82, 2.24) is 0 Å². The molecule has 1 aromatic rings. The van der Waals surface area contributed by atoms with Crippen molar-refractivity contribution in [2.24, 2.45) is 0 Å². The molecule has 3 heteroatoms. The van der Waals surface area contributed by atoms with Gasteiger partial charge < -0.3 is 9.47 Å². The van der Waals surface area contributed by atoms with Crippen LogP contribution in [0.25, 0.3) is 0 Å². The number of esters is 1. The summed E-state index contributed by atoms with van der Waals surface area (Å²) in [7, 11) is 0. The molecule has 1 aromatic carbocycles. The molecule has 17 heavy (non-hydrogen) atoms. The van der Waals surface area contributed by atoms with E-state index in [1.165, 1.54) is 11.6 Å². The number of rotatable bonds is 6. The van der Waals surface area contributed by atoms with Crippen molar-refractivity contribution in [3.8, 4) is 0 Å². The second-order valence-corrected chi connectivity index (χ2v) is 4.13. The van der Waals surface area contributed by atoms with Crippen LogP contribution in [0.15, 0.2) is 43.0 Å². The van der Waals surface area contributed by atoms with Crippen molar-refractivity contribution in [2.75, 3.05) is 13.2 Å². The summed E-state index contributed by atoms with van der Waals surface area (Å²) in [6, 6.07) is 10.1. The van der Waals surface area contributed by atoms with E-state index < -0.39 is 0 Å². The maximum Gasteiger partial charge on any atom is 0.330 e. The minimum atomic E-state index is -0.373. The molecule has 1 heterocycles. The van der Waals surface area contributed by atoms with Gasteiger partial charge in [0, 0.05) is 12.0 Å². The van der Waals surface area contributed by atoms with Gasteiger partial charge >= 0.3 is 5.97 Å². The molecular formula is C14H16O3. The van der Waals surface area contributed by atoms with Crippen LogP contribution < -0.4 is 0 Å². The third kappa shape index (κ3) is 3.71. The lowest BCUT2D eigenvalue weighted by molar-refractivity contribution is -0.138. The molecule has 2 rings (SSSR count). The summed E-state index contributed by atoms with van der Waals surface area (Å²) in [5, 5.41) is 0. The third-order valence-corrected chi connectivity index (χ3v) is 2.81. The Morgan fingerprint density at radius 1 is 1.53 bits per heavy atom. The minimum absolute atomic E-state index is 0.201. The largest absolute Gasteiger partial charge is 0.462 e. The van der Waals surface area contributed by atoms with Crippen molar-refractivity contribution in [3.63, 3.8) is 0 Å². The summed E-state index contributed by atoms with van der Waals surface area (Å²) in [6.45, 7) is 4.59. The van der Waals surface area contributed by atoms with Gasteiger partial charge in [-0.2, -0.15) is 0 Å². The molecule has 0 radical (unpaired) electrons. The molecule has 1 aliphatic heterocycles. The first-order valence-electron chi connectivity index (χ1n) is 5.75. The van der Waals surface area contributed by atoms with Gasteiger partial charge in [-0.15, -0.1) is 0 Å². The van der Waals surface area contributed by atoms with Gasteiger partial charge in [0.2, 0.25) is 0 Å². The highest BCUT2D eigenvalue weighted by Crippen LogP contribution is 2.27. The van der Waals surface area contributed by atoms with E-state index in [4.69, 9.17) is 9.47 Å². The van der Waals surface area contributed by atoms with Crippen LogP contribution in [-0.4, -0.2) is 25.3 Å². The van der Waals surface area contributed by atoms with Gasteiger partial charge in [-0.05, 0) is 12.0 Å². The normalized spacial score (nSPS) is 19.4. The lowest BCUT2D eigenvalue weighted by Crippen LogP contribution is -2.13. The van der Waals surface area contributed by atoms with Crippen LogP contribution in [0.4, 0.5) is 0 Å². The molecule has 1 fully saturated rings. The average molecular weight is 232 g/mol. The van der Waals surface area contributed by atoms with Crippen molar-refractivity contribution >= 4 is 5.97 Å². The molecule has 0 N–H and O–H groups in total. The third-order valence-electron chi connectivity index (χ3n) is 2.81. The Bertz CT molecular complexity index is 382. The Morgan fingerprint density at radius 3 is 2.82 bits per heavy atom. The predicted octanol–water partition coefficient (Wildman–Crippen LogP) is 2.29. The van der Waals surface area contributed by atoms with Gasteiger partial charge in [0.1, 0.15) is 0 Å². The molecule has 0 spiro atoms. The summed E-state index contributed by atoms with van der Waals surface area (Å²) in [6.07, 6.45) is 2.41. The standard InChI is InChI=1S/C14H16O3/c1-2-14(15)17-9-12(8-13-10-16-13)11-6-4-3-5-7-11/h2-7,12-13H,1,8-10H2. The Balaban J connectivity index is 1.97. The zero-order valence-corrected chi connectivity index (χ0v) is 9.67. The number of carbonyl (C=O) groups excluding carboxylic acids is 1. The molecule has 0 aromatic heterocycles. The monoisotopic (exact) mass is 232 g/mol. The Hall–Kier alpha value is -1.61. The number of ether oxygens (including phenoxy) is 2. The maximum atomic E-state index is 11.1. The van der Waals surface area contributed by atoms with Crippen LogP contribution >= 0.6 is 0 Å². The average Bonchev–Trinajstić information content (AvgIpc) is 3.19. The van der Waals surface area contributed by atoms with E-state index in [-0.39, 0.29) is 11.9 Å². The molecule has 90 valence electrons. The minimum Gasteiger partial charge on any atom is -0.462 e. The lowest BCUT2D eigenvalue weighted by atomic mass is 9.95. The number of benzene rings is 1. The molecule has 0 amide bonds. The smallest absolute Gasteiger partial charge is 0.330 e. The van der Waals surface area contributed by atoms with Gasteiger partial charge in [-0.3, -0.25) is 0 Å². The van der Waals surface area contributed by atoms with Gasteiger partial charge in [0.15, 0.2) is 0 Å². The summed E-state index contributed by atoms with van der Waals surface area (Å²) >= 11 is 0. The first-order valence-corrected chi connectivity index (χ1v) is 5.75. The fourth-order valence-electron chi connectivity index (χ4n) is 1.79. The summed E-state index contributed by atoms with van der Waals surface area (Å²) < 4.78 is 10.4. The summed E-state index contributed by atoms with van der Waals surface area (Å²) in [5.74, 6) is -0.171. The molecule has 3 nitrogen and oxygen atoms in total. The number of carbonyl (C=O) groups is 1. The second-order valence-electron chi connectivity index (χ2n) is 4.13. The van der Waals surface area contributed by atoms with E-state index in [1.54, 1.807) is 0 Å². The number of hydrogen-bond acceptors (Lipinski definition) is 3. The van der Waals surface area contributed by atoms with Gasteiger partial charge in [-0.25, -0.2) is 4.79 Å². The molecule has 2 unspecified atom stereocenters. The quantitative estimate of drug-likeness (QED) is 0.429. The molecule has 0 saturated carbocycles. The Labute approximate surface area is 101 Å². The maximum absolute atomic E-state index is 11.1. The lowest BCUT2D eigenvalue weighted by Gasteiger charge is -2.15. The number of epoxide rings is 1. The molecule has 0 aliphatic carbocycles. The van der Waals surface area contributed by atoms with Crippen LogP contribution in [-0.2, 0) is 14.3 Å². The van der Waals surface area contributed by atoms with Crippen LogP contribution in [0.5, 0.6) is 0 Å². The zero-order valence-electron chi connectivity index (χ0n) is 9.67. The highest BCUT2D eigenvalue weighted by Gasteiger charge is 2.28.